The van der Waals surface area contributed by atoms with E-state index in [0.717, 1.165) is 24.8 Å². The molecule has 0 bridgehead atoms. The van der Waals surface area contributed by atoms with Crippen LogP contribution in [0.25, 0.3) is 0 Å². The molecule has 2 rings (SSSR count). The number of amides is 2. The molecule has 21 heavy (non-hydrogen) atoms. The highest BCUT2D eigenvalue weighted by molar-refractivity contribution is 5.89. The molecule has 4 nitrogen and oxygen atoms in total. The lowest BCUT2D eigenvalue weighted by atomic mass is 9.64. The van der Waals surface area contributed by atoms with Crippen LogP contribution in [0, 0.1) is 5.92 Å². The third kappa shape index (κ3) is 3.43. The van der Waals surface area contributed by atoms with Crippen molar-refractivity contribution in [2.24, 2.45) is 5.92 Å². The van der Waals surface area contributed by atoms with E-state index in [1.807, 2.05) is 44.2 Å². The van der Waals surface area contributed by atoms with Crippen LogP contribution in [0.2, 0.25) is 0 Å². The molecular formula is C17H24N2O2. The van der Waals surface area contributed by atoms with Crippen LogP contribution in [-0.4, -0.2) is 24.9 Å². The quantitative estimate of drug-likeness (QED) is 0.787. The fraction of sp³-hybridized carbons (Fsp3) is 0.529. The molecule has 4 heteroatoms. The van der Waals surface area contributed by atoms with Gasteiger partial charge < -0.3 is 10.6 Å². The topological polar surface area (TPSA) is 58.2 Å². The van der Waals surface area contributed by atoms with E-state index in [0.29, 0.717) is 13.1 Å². The Morgan fingerprint density at radius 3 is 2.24 bits per heavy atom. The molecule has 0 aliphatic heterocycles. The Labute approximate surface area is 126 Å². The van der Waals surface area contributed by atoms with Gasteiger partial charge in [0, 0.05) is 19.0 Å². The Bertz CT molecular complexity index is 493. The summed E-state index contributed by atoms with van der Waals surface area (Å²) in [5, 5.41) is 5.78. The monoisotopic (exact) mass is 288 g/mol. The van der Waals surface area contributed by atoms with Crippen LogP contribution in [0.4, 0.5) is 0 Å². The average molecular weight is 288 g/mol. The largest absolute Gasteiger partial charge is 0.354 e. The summed E-state index contributed by atoms with van der Waals surface area (Å²) < 4.78 is 0. The van der Waals surface area contributed by atoms with E-state index in [1.54, 1.807) is 0 Å². The van der Waals surface area contributed by atoms with E-state index in [-0.39, 0.29) is 23.1 Å². The third-order valence-electron chi connectivity index (χ3n) is 4.20. The molecule has 0 heterocycles. The number of carbonyl (C=O) groups excluding carboxylic acids is 2. The summed E-state index contributed by atoms with van der Waals surface area (Å²) in [6.45, 7) is 4.67. The number of benzene rings is 1. The molecule has 1 aromatic carbocycles. The fourth-order valence-electron chi connectivity index (χ4n) is 2.67. The standard InChI is InChI=1S/C17H24N2O2/c1-13(2)15(20)18-11-12-19-16(21)17(9-6-10-17)14-7-4-3-5-8-14/h3-5,7-8,13H,6,9-12H2,1-2H3,(H,18,20)(H,19,21). The van der Waals surface area contributed by atoms with Gasteiger partial charge in [-0.15, -0.1) is 0 Å². The molecule has 1 aliphatic carbocycles. The maximum absolute atomic E-state index is 12.5. The summed E-state index contributed by atoms with van der Waals surface area (Å²) in [5.74, 6) is 0.0763. The molecule has 1 fully saturated rings. The summed E-state index contributed by atoms with van der Waals surface area (Å²) in [7, 11) is 0. The normalized spacial score (nSPS) is 16.1. The lowest BCUT2D eigenvalue weighted by molar-refractivity contribution is -0.130. The van der Waals surface area contributed by atoms with Crippen molar-refractivity contribution < 1.29 is 9.59 Å². The molecule has 0 spiro atoms. The lowest BCUT2D eigenvalue weighted by Crippen LogP contribution is -2.50. The molecule has 1 aliphatic rings. The Morgan fingerprint density at radius 2 is 1.71 bits per heavy atom. The first-order valence-electron chi connectivity index (χ1n) is 7.68. The first kappa shape index (κ1) is 15.5. The van der Waals surface area contributed by atoms with Crippen LogP contribution >= 0.6 is 0 Å². The van der Waals surface area contributed by atoms with Gasteiger partial charge in [0.15, 0.2) is 0 Å². The summed E-state index contributed by atoms with van der Waals surface area (Å²) in [6, 6.07) is 9.98. The first-order chi connectivity index (χ1) is 10.1. The second-order valence-corrected chi connectivity index (χ2v) is 6.00. The number of hydrogen-bond donors (Lipinski definition) is 2. The van der Waals surface area contributed by atoms with Crippen LogP contribution < -0.4 is 10.6 Å². The van der Waals surface area contributed by atoms with Crippen molar-refractivity contribution in [3.63, 3.8) is 0 Å². The zero-order chi connectivity index (χ0) is 15.3. The predicted octanol–water partition coefficient (Wildman–Crippen LogP) is 2.00. The Hall–Kier alpha value is -1.84. The Morgan fingerprint density at radius 1 is 1.10 bits per heavy atom. The van der Waals surface area contributed by atoms with Crippen LogP contribution in [0.1, 0.15) is 38.7 Å². The highest BCUT2D eigenvalue weighted by Gasteiger charge is 2.45. The van der Waals surface area contributed by atoms with Gasteiger partial charge in [-0.3, -0.25) is 9.59 Å². The minimum atomic E-state index is -0.358. The van der Waals surface area contributed by atoms with Crippen LogP contribution in [0.15, 0.2) is 30.3 Å². The van der Waals surface area contributed by atoms with Gasteiger partial charge in [-0.05, 0) is 18.4 Å². The highest BCUT2D eigenvalue weighted by Crippen LogP contribution is 2.43. The molecule has 1 saturated carbocycles. The molecule has 0 atom stereocenters. The molecular weight excluding hydrogens is 264 g/mol. The third-order valence-corrected chi connectivity index (χ3v) is 4.20. The van der Waals surface area contributed by atoms with E-state index in [2.05, 4.69) is 10.6 Å². The van der Waals surface area contributed by atoms with Crippen LogP contribution in [0.3, 0.4) is 0 Å². The molecule has 0 saturated heterocycles. The lowest BCUT2D eigenvalue weighted by Gasteiger charge is -2.40. The van der Waals surface area contributed by atoms with Crippen molar-refractivity contribution in [1.29, 1.82) is 0 Å². The maximum atomic E-state index is 12.5. The summed E-state index contributed by atoms with van der Waals surface area (Å²) >= 11 is 0. The van der Waals surface area contributed by atoms with Gasteiger partial charge in [-0.2, -0.15) is 0 Å². The Kier molecular flexibility index (Phi) is 4.99. The molecule has 2 N–H and O–H groups in total. The van der Waals surface area contributed by atoms with Crippen molar-refractivity contribution in [3.8, 4) is 0 Å². The van der Waals surface area contributed by atoms with Crippen molar-refractivity contribution in [2.75, 3.05) is 13.1 Å². The van der Waals surface area contributed by atoms with Gasteiger partial charge in [0.05, 0.1) is 5.41 Å². The second kappa shape index (κ2) is 6.74. The van der Waals surface area contributed by atoms with E-state index < -0.39 is 0 Å². The summed E-state index contributed by atoms with van der Waals surface area (Å²) in [5.41, 5.74) is 0.739. The van der Waals surface area contributed by atoms with E-state index >= 15 is 0 Å². The van der Waals surface area contributed by atoms with Gasteiger partial charge in [0.2, 0.25) is 11.8 Å². The SMILES string of the molecule is CC(C)C(=O)NCCNC(=O)C1(c2ccccc2)CCC1. The van der Waals surface area contributed by atoms with Crippen LogP contribution in [-0.2, 0) is 15.0 Å². The van der Waals surface area contributed by atoms with Crippen LogP contribution in [0.5, 0.6) is 0 Å². The summed E-state index contributed by atoms with van der Waals surface area (Å²) in [4.78, 5) is 24.0. The molecule has 1 aromatic rings. The van der Waals surface area contributed by atoms with Gasteiger partial charge >= 0.3 is 0 Å². The highest BCUT2D eigenvalue weighted by atomic mass is 16.2. The minimum Gasteiger partial charge on any atom is -0.354 e. The van der Waals surface area contributed by atoms with Gasteiger partial charge in [0.25, 0.3) is 0 Å². The number of hydrogen-bond acceptors (Lipinski definition) is 2. The second-order valence-electron chi connectivity index (χ2n) is 6.00. The number of rotatable bonds is 6. The van der Waals surface area contributed by atoms with E-state index in [4.69, 9.17) is 0 Å². The fourth-order valence-corrected chi connectivity index (χ4v) is 2.67. The first-order valence-corrected chi connectivity index (χ1v) is 7.68. The molecule has 114 valence electrons. The van der Waals surface area contributed by atoms with Gasteiger partial charge in [0.1, 0.15) is 0 Å². The Balaban J connectivity index is 1.86. The van der Waals surface area contributed by atoms with Gasteiger partial charge in [-0.25, -0.2) is 0 Å². The van der Waals surface area contributed by atoms with Gasteiger partial charge in [-0.1, -0.05) is 50.6 Å². The summed E-state index contributed by atoms with van der Waals surface area (Å²) in [6.07, 6.45) is 2.90. The zero-order valence-electron chi connectivity index (χ0n) is 12.8. The zero-order valence-corrected chi connectivity index (χ0v) is 12.8. The van der Waals surface area contributed by atoms with Crippen molar-refractivity contribution in [3.05, 3.63) is 35.9 Å². The average Bonchev–Trinajstić information content (AvgIpc) is 2.43. The predicted molar refractivity (Wildman–Crippen MR) is 82.8 cm³/mol. The number of carbonyl (C=O) groups is 2. The van der Waals surface area contributed by atoms with E-state index in [9.17, 15) is 9.59 Å². The molecule has 2 amide bonds. The van der Waals surface area contributed by atoms with Crippen molar-refractivity contribution >= 4 is 11.8 Å². The molecule has 0 radical (unpaired) electrons. The minimum absolute atomic E-state index is 0.0191. The molecule has 0 unspecified atom stereocenters. The maximum Gasteiger partial charge on any atom is 0.230 e. The van der Waals surface area contributed by atoms with Crippen molar-refractivity contribution in [1.82, 2.24) is 10.6 Å². The van der Waals surface area contributed by atoms with E-state index in [1.165, 1.54) is 0 Å². The van der Waals surface area contributed by atoms with Crippen molar-refractivity contribution in [2.45, 2.75) is 38.5 Å². The molecule has 0 aromatic heterocycles. The smallest absolute Gasteiger partial charge is 0.230 e. The number of nitrogens with one attached hydrogen (secondary N) is 2.